The van der Waals surface area contributed by atoms with Crippen molar-refractivity contribution in [1.82, 2.24) is 0 Å². The fourth-order valence-corrected chi connectivity index (χ4v) is 3.64. The number of anilines is 1. The number of imide groups is 1. The van der Waals surface area contributed by atoms with Crippen LogP contribution in [0.3, 0.4) is 0 Å². The van der Waals surface area contributed by atoms with E-state index in [1.165, 1.54) is 10.5 Å². The summed E-state index contributed by atoms with van der Waals surface area (Å²) in [5, 5.41) is 0. The van der Waals surface area contributed by atoms with E-state index in [-0.39, 0.29) is 11.8 Å². The molecule has 0 saturated heterocycles. The molecule has 0 atom stereocenters. The lowest BCUT2D eigenvalue weighted by molar-refractivity contribution is -0.112. The maximum absolute atomic E-state index is 13.4. The van der Waals surface area contributed by atoms with Gasteiger partial charge in [0, 0.05) is 11.1 Å². The molecule has 1 aliphatic rings. The Morgan fingerprint density at radius 3 is 2.14 bits per heavy atom. The summed E-state index contributed by atoms with van der Waals surface area (Å²) in [4.78, 5) is 27.8. The second-order valence-corrected chi connectivity index (χ2v) is 7.25. The second-order valence-electron chi connectivity index (χ2n) is 7.25. The van der Waals surface area contributed by atoms with E-state index in [1.54, 1.807) is 12.1 Å². The van der Waals surface area contributed by atoms with Gasteiger partial charge in [-0.05, 0) is 67.3 Å². The molecule has 0 fully saturated rings. The van der Waals surface area contributed by atoms with Crippen LogP contribution in [0.25, 0.3) is 11.6 Å². The van der Waals surface area contributed by atoms with Crippen molar-refractivity contribution in [3.8, 4) is 0 Å². The number of hydrogen-bond donors (Lipinski definition) is 0. The van der Waals surface area contributed by atoms with E-state index in [9.17, 15) is 9.59 Å². The van der Waals surface area contributed by atoms with Crippen LogP contribution in [0.1, 0.15) is 38.2 Å². The highest BCUT2D eigenvalue weighted by molar-refractivity contribution is 6.43. The molecule has 3 nitrogen and oxygen atoms in total. The molecule has 0 spiro atoms. The molecule has 0 N–H and O–H groups in total. The normalized spacial score (nSPS) is 15.1. The largest absolute Gasteiger partial charge is 0.268 e. The summed E-state index contributed by atoms with van der Waals surface area (Å²) in [5.74, 6) is -0.585. The zero-order valence-electron chi connectivity index (χ0n) is 16.2. The van der Waals surface area contributed by atoms with Gasteiger partial charge in [0.25, 0.3) is 11.8 Å². The number of fused-ring (bicyclic) bond motifs is 1. The number of carbonyl (C=O) groups excluding carboxylic acids is 2. The Kier molecular flexibility index (Phi) is 4.44. The Labute approximate surface area is 164 Å². The van der Waals surface area contributed by atoms with Gasteiger partial charge in [-0.3, -0.25) is 9.59 Å². The van der Waals surface area contributed by atoms with Gasteiger partial charge in [-0.2, -0.15) is 0 Å². The molecule has 3 aromatic carbocycles. The highest BCUT2D eigenvalue weighted by Gasteiger charge is 2.35. The molecule has 1 heterocycles. The van der Waals surface area contributed by atoms with Crippen LogP contribution < -0.4 is 4.90 Å². The second kappa shape index (κ2) is 6.93. The summed E-state index contributed by atoms with van der Waals surface area (Å²) in [6.07, 6.45) is 1.89. The Balaban J connectivity index is 1.92. The van der Waals surface area contributed by atoms with Gasteiger partial charge in [0.05, 0.1) is 5.69 Å². The van der Waals surface area contributed by atoms with Gasteiger partial charge in [0.2, 0.25) is 0 Å². The number of hydrogen-bond acceptors (Lipinski definition) is 2. The van der Waals surface area contributed by atoms with Crippen molar-refractivity contribution in [3.63, 3.8) is 0 Å². The van der Waals surface area contributed by atoms with Crippen LogP contribution in [-0.4, -0.2) is 11.8 Å². The van der Waals surface area contributed by atoms with Crippen LogP contribution in [0, 0.1) is 20.8 Å². The van der Waals surface area contributed by atoms with Crippen molar-refractivity contribution in [2.75, 3.05) is 4.90 Å². The van der Waals surface area contributed by atoms with Gasteiger partial charge >= 0.3 is 0 Å². The smallest absolute Gasteiger partial charge is 0.265 e. The van der Waals surface area contributed by atoms with Gasteiger partial charge in [-0.15, -0.1) is 0 Å². The van der Waals surface area contributed by atoms with Gasteiger partial charge in [0.1, 0.15) is 0 Å². The quantitative estimate of drug-likeness (QED) is 0.453. The van der Waals surface area contributed by atoms with Crippen molar-refractivity contribution in [1.29, 1.82) is 0 Å². The standard InChI is InChI=1S/C25H21NO2/c1-16-7-6-8-20(14-16)26-24(27)22-10-5-4-9-21(22)23(25(26)28)15-19-12-11-17(2)13-18(19)3/h4-15H,1-3H3/b23-15-. The molecular formula is C25H21NO2. The minimum absolute atomic E-state index is 0.288. The summed E-state index contributed by atoms with van der Waals surface area (Å²) >= 11 is 0. The Morgan fingerprint density at radius 1 is 0.714 bits per heavy atom. The predicted octanol–water partition coefficient (Wildman–Crippen LogP) is 5.34. The maximum Gasteiger partial charge on any atom is 0.265 e. The Morgan fingerprint density at radius 2 is 1.43 bits per heavy atom. The van der Waals surface area contributed by atoms with Crippen molar-refractivity contribution in [2.45, 2.75) is 20.8 Å². The van der Waals surface area contributed by atoms with Crippen LogP contribution in [0.2, 0.25) is 0 Å². The first kappa shape index (κ1) is 17.9. The monoisotopic (exact) mass is 367 g/mol. The van der Waals surface area contributed by atoms with E-state index in [0.29, 0.717) is 22.4 Å². The first-order chi connectivity index (χ1) is 13.5. The molecule has 4 rings (SSSR count). The number of carbonyl (C=O) groups is 2. The maximum atomic E-state index is 13.4. The zero-order chi connectivity index (χ0) is 19.8. The molecule has 28 heavy (non-hydrogen) atoms. The molecule has 0 unspecified atom stereocenters. The number of aryl methyl sites for hydroxylation is 3. The van der Waals surface area contributed by atoms with Crippen molar-refractivity contribution in [3.05, 3.63) is 100 Å². The molecule has 0 aliphatic carbocycles. The third-order valence-corrected chi connectivity index (χ3v) is 5.07. The third-order valence-electron chi connectivity index (χ3n) is 5.07. The highest BCUT2D eigenvalue weighted by atomic mass is 16.2. The van der Waals surface area contributed by atoms with E-state index in [2.05, 4.69) is 6.07 Å². The number of rotatable bonds is 2. The van der Waals surface area contributed by atoms with Crippen molar-refractivity contribution in [2.24, 2.45) is 0 Å². The predicted molar refractivity (Wildman–Crippen MR) is 113 cm³/mol. The summed E-state index contributed by atoms with van der Waals surface area (Å²) in [7, 11) is 0. The summed E-state index contributed by atoms with van der Waals surface area (Å²) in [5.41, 5.74) is 6.59. The molecule has 0 radical (unpaired) electrons. The molecule has 2 amide bonds. The highest BCUT2D eigenvalue weighted by Crippen LogP contribution is 2.34. The topological polar surface area (TPSA) is 37.4 Å². The van der Waals surface area contributed by atoms with Gasteiger partial charge in [0.15, 0.2) is 0 Å². The average Bonchev–Trinajstić information content (AvgIpc) is 2.67. The van der Waals surface area contributed by atoms with Crippen LogP contribution in [0.5, 0.6) is 0 Å². The van der Waals surface area contributed by atoms with E-state index in [0.717, 1.165) is 16.7 Å². The molecule has 0 saturated carbocycles. The lowest BCUT2D eigenvalue weighted by Crippen LogP contribution is -2.41. The van der Waals surface area contributed by atoms with Crippen LogP contribution in [0.15, 0.2) is 66.7 Å². The number of nitrogens with zero attached hydrogens (tertiary/aromatic N) is 1. The number of amides is 2. The van der Waals surface area contributed by atoms with Crippen LogP contribution >= 0.6 is 0 Å². The fraction of sp³-hybridized carbons (Fsp3) is 0.120. The van der Waals surface area contributed by atoms with E-state index in [1.807, 2.05) is 75.4 Å². The molecule has 138 valence electrons. The molecule has 1 aliphatic heterocycles. The zero-order valence-corrected chi connectivity index (χ0v) is 16.2. The van der Waals surface area contributed by atoms with Gasteiger partial charge < -0.3 is 0 Å². The number of benzene rings is 3. The van der Waals surface area contributed by atoms with Crippen molar-refractivity contribution < 1.29 is 9.59 Å². The summed E-state index contributed by atoms with van der Waals surface area (Å²) < 4.78 is 0. The molecular weight excluding hydrogens is 346 g/mol. The lowest BCUT2D eigenvalue weighted by Gasteiger charge is -2.29. The molecule has 3 heteroatoms. The minimum Gasteiger partial charge on any atom is -0.268 e. The van der Waals surface area contributed by atoms with E-state index >= 15 is 0 Å². The van der Waals surface area contributed by atoms with Gasteiger partial charge in [-0.1, -0.05) is 54.1 Å². The third kappa shape index (κ3) is 3.05. The van der Waals surface area contributed by atoms with E-state index < -0.39 is 0 Å². The Bertz CT molecular complexity index is 1140. The first-order valence-corrected chi connectivity index (χ1v) is 9.29. The van der Waals surface area contributed by atoms with Crippen LogP contribution in [0.4, 0.5) is 5.69 Å². The molecule has 0 bridgehead atoms. The Hall–Kier alpha value is -3.46. The molecule has 3 aromatic rings. The SMILES string of the molecule is Cc1cccc(N2C(=O)/C(=C\c3ccc(C)cc3C)c3ccccc3C2=O)c1. The summed E-state index contributed by atoms with van der Waals surface area (Å²) in [6, 6.07) is 20.9. The van der Waals surface area contributed by atoms with Crippen molar-refractivity contribution >= 4 is 29.2 Å². The molecule has 0 aromatic heterocycles. The van der Waals surface area contributed by atoms with Gasteiger partial charge in [-0.25, -0.2) is 4.90 Å². The summed E-state index contributed by atoms with van der Waals surface area (Å²) in [6.45, 7) is 6.02. The minimum atomic E-state index is -0.297. The van der Waals surface area contributed by atoms with Crippen LogP contribution in [-0.2, 0) is 4.79 Å². The lowest BCUT2D eigenvalue weighted by atomic mass is 9.90. The average molecular weight is 367 g/mol. The fourth-order valence-electron chi connectivity index (χ4n) is 3.64. The van der Waals surface area contributed by atoms with E-state index in [4.69, 9.17) is 0 Å². The first-order valence-electron chi connectivity index (χ1n) is 9.29.